The number of rotatable bonds is 5. The standard InChI is InChI=1S/C12H20O5/c1-4-12(2,3)11(14)16-8-10(13)17-9-5-6-15-7-9/h9H,4-8H2,1-3H3/t9-/m1/s1. The van der Waals surface area contributed by atoms with Crippen LogP contribution in [0.5, 0.6) is 0 Å². The third-order valence-corrected chi connectivity index (χ3v) is 2.94. The summed E-state index contributed by atoms with van der Waals surface area (Å²) in [5.74, 6) is -0.889. The Balaban J connectivity index is 2.25. The highest BCUT2D eigenvalue weighted by molar-refractivity contribution is 5.79. The molecule has 0 aromatic heterocycles. The summed E-state index contributed by atoms with van der Waals surface area (Å²) in [6.07, 6.45) is 1.18. The van der Waals surface area contributed by atoms with Crippen molar-refractivity contribution in [1.82, 2.24) is 0 Å². The van der Waals surface area contributed by atoms with Gasteiger partial charge in [-0.1, -0.05) is 6.92 Å². The maximum absolute atomic E-state index is 11.6. The molecule has 1 aliphatic heterocycles. The number of carbonyl (C=O) groups is 2. The lowest BCUT2D eigenvalue weighted by Crippen LogP contribution is -2.29. The van der Waals surface area contributed by atoms with Crippen molar-refractivity contribution < 1.29 is 23.8 Å². The molecule has 98 valence electrons. The second-order valence-corrected chi connectivity index (χ2v) is 4.79. The van der Waals surface area contributed by atoms with E-state index >= 15 is 0 Å². The molecule has 0 unspecified atom stereocenters. The Morgan fingerprint density at radius 3 is 2.65 bits per heavy atom. The number of ether oxygens (including phenoxy) is 3. The van der Waals surface area contributed by atoms with Gasteiger partial charge in [-0.15, -0.1) is 0 Å². The highest BCUT2D eigenvalue weighted by Crippen LogP contribution is 2.21. The van der Waals surface area contributed by atoms with Gasteiger partial charge in [-0.2, -0.15) is 0 Å². The second kappa shape index (κ2) is 6.00. The van der Waals surface area contributed by atoms with Gasteiger partial charge in [0.15, 0.2) is 6.61 Å². The fourth-order valence-corrected chi connectivity index (χ4v) is 1.29. The molecule has 1 saturated heterocycles. The molecule has 0 saturated carbocycles. The zero-order valence-electron chi connectivity index (χ0n) is 10.7. The summed E-state index contributed by atoms with van der Waals surface area (Å²) in [6, 6.07) is 0. The van der Waals surface area contributed by atoms with E-state index in [4.69, 9.17) is 14.2 Å². The molecule has 0 radical (unpaired) electrons. The minimum Gasteiger partial charge on any atom is -0.457 e. The van der Waals surface area contributed by atoms with E-state index < -0.39 is 11.4 Å². The molecule has 0 spiro atoms. The molecule has 1 fully saturated rings. The first-order valence-corrected chi connectivity index (χ1v) is 5.90. The molecule has 0 aromatic carbocycles. The summed E-state index contributed by atoms with van der Waals surface area (Å²) >= 11 is 0. The van der Waals surface area contributed by atoms with Crippen LogP contribution in [0.4, 0.5) is 0 Å². The van der Waals surface area contributed by atoms with Gasteiger partial charge < -0.3 is 14.2 Å². The van der Waals surface area contributed by atoms with Gasteiger partial charge in [-0.25, -0.2) is 4.79 Å². The van der Waals surface area contributed by atoms with E-state index in [2.05, 4.69) is 0 Å². The monoisotopic (exact) mass is 244 g/mol. The highest BCUT2D eigenvalue weighted by atomic mass is 16.6. The fraction of sp³-hybridized carbons (Fsp3) is 0.833. The van der Waals surface area contributed by atoms with Crippen LogP contribution in [-0.4, -0.2) is 37.9 Å². The number of esters is 2. The fourth-order valence-electron chi connectivity index (χ4n) is 1.29. The maximum Gasteiger partial charge on any atom is 0.344 e. The van der Waals surface area contributed by atoms with Crippen LogP contribution in [-0.2, 0) is 23.8 Å². The van der Waals surface area contributed by atoms with E-state index in [-0.39, 0.29) is 18.7 Å². The second-order valence-electron chi connectivity index (χ2n) is 4.79. The Labute approximate surface area is 101 Å². The van der Waals surface area contributed by atoms with Crippen LogP contribution in [0.15, 0.2) is 0 Å². The molecule has 0 amide bonds. The van der Waals surface area contributed by atoms with E-state index in [1.807, 2.05) is 6.92 Å². The SMILES string of the molecule is CCC(C)(C)C(=O)OCC(=O)O[C@@H]1CCOC1. The lowest BCUT2D eigenvalue weighted by Gasteiger charge is -2.20. The lowest BCUT2D eigenvalue weighted by atomic mass is 9.91. The largest absolute Gasteiger partial charge is 0.457 e. The van der Waals surface area contributed by atoms with Gasteiger partial charge in [-0.05, 0) is 20.3 Å². The minimum absolute atomic E-state index is 0.194. The predicted molar refractivity (Wildman–Crippen MR) is 60.3 cm³/mol. The molecule has 1 atom stereocenters. The van der Waals surface area contributed by atoms with Gasteiger partial charge >= 0.3 is 11.9 Å². The van der Waals surface area contributed by atoms with Crippen molar-refractivity contribution in [3.05, 3.63) is 0 Å². The first kappa shape index (κ1) is 14.0. The Hall–Kier alpha value is -1.10. The molecule has 1 rings (SSSR count). The topological polar surface area (TPSA) is 61.8 Å². The van der Waals surface area contributed by atoms with Crippen LogP contribution in [0.1, 0.15) is 33.6 Å². The van der Waals surface area contributed by atoms with Crippen molar-refractivity contribution in [1.29, 1.82) is 0 Å². The molecule has 0 N–H and O–H groups in total. The molecule has 1 aliphatic rings. The third kappa shape index (κ3) is 4.34. The smallest absolute Gasteiger partial charge is 0.344 e. The summed E-state index contributed by atoms with van der Waals surface area (Å²) in [6.45, 7) is 6.19. The van der Waals surface area contributed by atoms with Gasteiger partial charge in [0.2, 0.25) is 0 Å². The zero-order chi connectivity index (χ0) is 12.9. The average Bonchev–Trinajstić information content (AvgIpc) is 2.78. The van der Waals surface area contributed by atoms with Crippen molar-refractivity contribution in [2.24, 2.45) is 5.41 Å². The number of carbonyl (C=O) groups excluding carboxylic acids is 2. The number of hydrogen-bond donors (Lipinski definition) is 0. The molecular weight excluding hydrogens is 224 g/mol. The number of hydrogen-bond acceptors (Lipinski definition) is 5. The summed E-state index contributed by atoms with van der Waals surface area (Å²) in [5.41, 5.74) is -0.559. The predicted octanol–water partition coefficient (Wildman–Crippen LogP) is 1.30. The first-order valence-electron chi connectivity index (χ1n) is 5.90. The van der Waals surface area contributed by atoms with Crippen molar-refractivity contribution in [2.45, 2.75) is 39.7 Å². The van der Waals surface area contributed by atoms with Gasteiger partial charge in [0.05, 0.1) is 18.6 Å². The maximum atomic E-state index is 11.6. The summed E-state index contributed by atoms with van der Waals surface area (Å²) < 4.78 is 15.1. The molecule has 0 aliphatic carbocycles. The molecule has 17 heavy (non-hydrogen) atoms. The van der Waals surface area contributed by atoms with Gasteiger partial charge in [0, 0.05) is 6.42 Å². The van der Waals surface area contributed by atoms with Crippen molar-refractivity contribution >= 4 is 11.9 Å². The Bertz CT molecular complexity index is 279. The Morgan fingerprint density at radius 1 is 1.41 bits per heavy atom. The Morgan fingerprint density at radius 2 is 2.12 bits per heavy atom. The van der Waals surface area contributed by atoms with Crippen molar-refractivity contribution in [3.63, 3.8) is 0 Å². The quantitative estimate of drug-likeness (QED) is 0.682. The van der Waals surface area contributed by atoms with Crippen LogP contribution < -0.4 is 0 Å². The summed E-state index contributed by atoms with van der Waals surface area (Å²) in [7, 11) is 0. The van der Waals surface area contributed by atoms with Gasteiger partial charge in [0.1, 0.15) is 6.10 Å². The summed E-state index contributed by atoms with van der Waals surface area (Å²) in [5, 5.41) is 0. The average molecular weight is 244 g/mol. The highest BCUT2D eigenvalue weighted by Gasteiger charge is 2.28. The molecule has 0 aromatic rings. The van der Waals surface area contributed by atoms with Crippen molar-refractivity contribution in [3.8, 4) is 0 Å². The van der Waals surface area contributed by atoms with Crippen LogP contribution in [0.2, 0.25) is 0 Å². The third-order valence-electron chi connectivity index (χ3n) is 2.94. The van der Waals surface area contributed by atoms with E-state index in [9.17, 15) is 9.59 Å². The zero-order valence-corrected chi connectivity index (χ0v) is 10.7. The Kier molecular flexibility index (Phi) is 4.93. The van der Waals surface area contributed by atoms with E-state index in [1.54, 1.807) is 13.8 Å². The lowest BCUT2D eigenvalue weighted by molar-refractivity contribution is -0.167. The molecule has 5 nitrogen and oxygen atoms in total. The van der Waals surface area contributed by atoms with E-state index in [0.29, 0.717) is 26.1 Å². The van der Waals surface area contributed by atoms with Crippen LogP contribution in [0.3, 0.4) is 0 Å². The van der Waals surface area contributed by atoms with Crippen molar-refractivity contribution in [2.75, 3.05) is 19.8 Å². The molecule has 5 heteroatoms. The van der Waals surface area contributed by atoms with E-state index in [0.717, 1.165) is 0 Å². The first-order chi connectivity index (χ1) is 7.95. The van der Waals surface area contributed by atoms with Crippen LogP contribution >= 0.6 is 0 Å². The molecular formula is C12H20O5. The minimum atomic E-state index is -0.559. The molecule has 0 bridgehead atoms. The van der Waals surface area contributed by atoms with Crippen LogP contribution in [0.25, 0.3) is 0 Å². The van der Waals surface area contributed by atoms with E-state index in [1.165, 1.54) is 0 Å². The normalized spacial score (nSPS) is 20.1. The summed E-state index contributed by atoms with van der Waals surface area (Å²) in [4.78, 5) is 22.9. The van der Waals surface area contributed by atoms with Crippen LogP contribution in [0, 0.1) is 5.41 Å². The van der Waals surface area contributed by atoms with Gasteiger partial charge in [-0.3, -0.25) is 4.79 Å². The van der Waals surface area contributed by atoms with Gasteiger partial charge in [0.25, 0.3) is 0 Å². The molecule has 1 heterocycles.